The van der Waals surface area contributed by atoms with Crippen LogP contribution in [0.4, 0.5) is 18.0 Å². The van der Waals surface area contributed by atoms with Gasteiger partial charge in [0.05, 0.1) is 11.6 Å². The smallest absolute Gasteiger partial charge is 0.416 e. The van der Waals surface area contributed by atoms with E-state index in [4.69, 9.17) is 9.47 Å². The maximum atomic E-state index is 13.2. The van der Waals surface area contributed by atoms with Crippen molar-refractivity contribution in [2.24, 2.45) is 0 Å². The largest absolute Gasteiger partial charge is 0.454 e. The van der Waals surface area contributed by atoms with Gasteiger partial charge in [-0.05, 0) is 43.2 Å². The Morgan fingerprint density at radius 1 is 1.18 bits per heavy atom. The number of ether oxygens (including phenoxy) is 2. The minimum Gasteiger partial charge on any atom is -0.454 e. The lowest BCUT2D eigenvalue weighted by atomic mass is 10.0. The monoisotopic (exact) mass is 394 g/mol. The second-order valence-electron chi connectivity index (χ2n) is 6.46. The van der Waals surface area contributed by atoms with Gasteiger partial charge < -0.3 is 19.7 Å². The number of carbonyl (C=O) groups excluding carboxylic acids is 1. The minimum atomic E-state index is -4.48. The van der Waals surface area contributed by atoms with Crippen molar-refractivity contribution < 1.29 is 27.4 Å². The summed E-state index contributed by atoms with van der Waals surface area (Å²) in [5.74, 6) is 1.26. The Hall–Kier alpha value is -2.90. The molecule has 1 heterocycles. The topological polar surface area (TPSA) is 50.8 Å². The molecule has 2 amide bonds. The summed E-state index contributed by atoms with van der Waals surface area (Å²) in [5.41, 5.74) is 0.119. The molecule has 150 valence electrons. The zero-order valence-corrected chi connectivity index (χ0v) is 15.5. The predicted octanol–water partition coefficient (Wildman–Crippen LogP) is 4.73. The number of carbonyl (C=O) groups is 1. The Morgan fingerprint density at radius 2 is 1.89 bits per heavy atom. The highest BCUT2D eigenvalue weighted by Gasteiger charge is 2.34. The molecule has 1 N–H and O–H groups in total. The third kappa shape index (κ3) is 4.32. The van der Waals surface area contributed by atoms with Gasteiger partial charge >= 0.3 is 12.2 Å². The van der Waals surface area contributed by atoms with E-state index in [1.54, 1.807) is 19.1 Å². The third-order valence-electron chi connectivity index (χ3n) is 4.55. The van der Waals surface area contributed by atoms with Gasteiger partial charge in [0, 0.05) is 13.1 Å². The number of hydrogen-bond acceptors (Lipinski definition) is 3. The molecule has 1 aliphatic heterocycles. The van der Waals surface area contributed by atoms with Crippen LogP contribution in [-0.4, -0.2) is 24.3 Å². The zero-order chi connectivity index (χ0) is 20.3. The molecule has 0 radical (unpaired) electrons. The van der Waals surface area contributed by atoms with Crippen molar-refractivity contribution >= 4 is 6.03 Å². The van der Waals surface area contributed by atoms with Crippen LogP contribution in [0.2, 0.25) is 0 Å². The van der Waals surface area contributed by atoms with Crippen LogP contribution in [0.3, 0.4) is 0 Å². The first kappa shape index (κ1) is 19.9. The molecule has 0 bridgehead atoms. The number of rotatable bonds is 5. The summed E-state index contributed by atoms with van der Waals surface area (Å²) in [6.07, 6.45) is -4.48. The van der Waals surface area contributed by atoms with Gasteiger partial charge in [0.15, 0.2) is 11.5 Å². The van der Waals surface area contributed by atoms with Gasteiger partial charge in [-0.15, -0.1) is 0 Å². The van der Waals surface area contributed by atoms with Gasteiger partial charge in [0.2, 0.25) is 6.79 Å². The molecule has 0 spiro atoms. The normalized spacial score (nSPS) is 13.9. The van der Waals surface area contributed by atoms with Crippen LogP contribution in [0, 0.1) is 0 Å². The van der Waals surface area contributed by atoms with Crippen LogP contribution in [0.5, 0.6) is 11.5 Å². The SMILES string of the molecule is CCN(Cc1ccc2c(c1)OCO2)C(=O)NC(C)c1ccccc1C(F)(F)F. The van der Waals surface area contributed by atoms with Crippen LogP contribution in [0.15, 0.2) is 42.5 Å². The Balaban J connectivity index is 1.70. The molecule has 1 aliphatic rings. The summed E-state index contributed by atoms with van der Waals surface area (Å²) in [6.45, 7) is 4.20. The first-order valence-corrected chi connectivity index (χ1v) is 8.89. The Bertz CT molecular complexity index is 855. The molecule has 0 fully saturated rings. The van der Waals surface area contributed by atoms with Crippen molar-refractivity contribution in [2.45, 2.75) is 32.6 Å². The summed E-state index contributed by atoms with van der Waals surface area (Å²) < 4.78 is 50.3. The van der Waals surface area contributed by atoms with Crippen molar-refractivity contribution in [1.29, 1.82) is 0 Å². The molecule has 8 heteroatoms. The fraction of sp³-hybridized carbons (Fsp3) is 0.350. The van der Waals surface area contributed by atoms with Crippen molar-refractivity contribution in [1.82, 2.24) is 10.2 Å². The van der Waals surface area contributed by atoms with E-state index in [0.29, 0.717) is 24.6 Å². The zero-order valence-electron chi connectivity index (χ0n) is 15.5. The predicted molar refractivity (Wildman–Crippen MR) is 97.0 cm³/mol. The number of fused-ring (bicyclic) bond motifs is 1. The van der Waals surface area contributed by atoms with E-state index < -0.39 is 23.8 Å². The summed E-state index contributed by atoms with van der Waals surface area (Å²) in [6, 6.07) is 9.40. The Labute approximate surface area is 161 Å². The summed E-state index contributed by atoms with van der Waals surface area (Å²) >= 11 is 0. The van der Waals surface area contributed by atoms with E-state index in [2.05, 4.69) is 5.32 Å². The van der Waals surface area contributed by atoms with Crippen molar-refractivity contribution in [3.8, 4) is 11.5 Å². The lowest BCUT2D eigenvalue weighted by molar-refractivity contribution is -0.138. The average molecular weight is 394 g/mol. The second-order valence-corrected chi connectivity index (χ2v) is 6.46. The quantitative estimate of drug-likeness (QED) is 0.798. The molecule has 1 atom stereocenters. The molecule has 2 aromatic rings. The molecular weight excluding hydrogens is 373 g/mol. The fourth-order valence-corrected chi connectivity index (χ4v) is 3.07. The summed E-state index contributed by atoms with van der Waals surface area (Å²) in [4.78, 5) is 14.2. The number of urea groups is 1. The van der Waals surface area contributed by atoms with Crippen molar-refractivity contribution in [3.05, 3.63) is 59.2 Å². The van der Waals surface area contributed by atoms with Gasteiger partial charge in [-0.3, -0.25) is 0 Å². The molecule has 3 rings (SSSR count). The highest BCUT2D eigenvalue weighted by molar-refractivity contribution is 5.74. The number of nitrogens with zero attached hydrogens (tertiary/aromatic N) is 1. The van der Waals surface area contributed by atoms with E-state index in [-0.39, 0.29) is 12.4 Å². The number of hydrogen-bond donors (Lipinski definition) is 1. The highest BCUT2D eigenvalue weighted by atomic mass is 19.4. The van der Waals surface area contributed by atoms with Crippen LogP contribution in [0.25, 0.3) is 0 Å². The fourth-order valence-electron chi connectivity index (χ4n) is 3.07. The molecule has 0 saturated carbocycles. The summed E-state index contributed by atoms with van der Waals surface area (Å²) in [7, 11) is 0. The molecule has 0 aliphatic carbocycles. The van der Waals surface area contributed by atoms with E-state index in [1.165, 1.54) is 30.0 Å². The standard InChI is InChI=1S/C20H21F3N2O3/c1-3-25(11-14-8-9-17-18(10-14)28-12-27-17)19(26)24-13(2)15-6-4-5-7-16(15)20(21,22)23/h4-10,13H,3,11-12H2,1-2H3,(H,24,26). The molecule has 28 heavy (non-hydrogen) atoms. The first-order chi connectivity index (χ1) is 13.3. The number of alkyl halides is 3. The number of amides is 2. The number of halogens is 3. The lowest BCUT2D eigenvalue weighted by Crippen LogP contribution is -2.40. The maximum Gasteiger partial charge on any atom is 0.416 e. The molecule has 0 aromatic heterocycles. The Kier molecular flexibility index (Phi) is 5.67. The molecular formula is C20H21F3N2O3. The van der Waals surface area contributed by atoms with E-state index in [1.807, 2.05) is 6.07 Å². The molecule has 1 unspecified atom stereocenters. The van der Waals surface area contributed by atoms with E-state index in [9.17, 15) is 18.0 Å². The molecule has 5 nitrogen and oxygen atoms in total. The second kappa shape index (κ2) is 8.00. The van der Waals surface area contributed by atoms with Gasteiger partial charge in [-0.25, -0.2) is 4.79 Å². The van der Waals surface area contributed by atoms with Crippen molar-refractivity contribution in [3.63, 3.8) is 0 Å². The molecule has 0 saturated heterocycles. The highest BCUT2D eigenvalue weighted by Crippen LogP contribution is 2.35. The van der Waals surface area contributed by atoms with Crippen LogP contribution >= 0.6 is 0 Å². The maximum absolute atomic E-state index is 13.2. The van der Waals surface area contributed by atoms with Gasteiger partial charge in [-0.2, -0.15) is 13.2 Å². The third-order valence-corrected chi connectivity index (χ3v) is 4.55. The Morgan fingerprint density at radius 3 is 2.61 bits per heavy atom. The molecule has 2 aromatic carbocycles. The van der Waals surface area contributed by atoms with Gasteiger partial charge in [0.25, 0.3) is 0 Å². The van der Waals surface area contributed by atoms with Crippen molar-refractivity contribution in [2.75, 3.05) is 13.3 Å². The summed E-state index contributed by atoms with van der Waals surface area (Å²) in [5, 5.41) is 2.66. The minimum absolute atomic E-state index is 0.0301. The average Bonchev–Trinajstić information content (AvgIpc) is 3.13. The number of nitrogens with one attached hydrogen (secondary N) is 1. The number of benzene rings is 2. The lowest BCUT2D eigenvalue weighted by Gasteiger charge is -2.25. The van der Waals surface area contributed by atoms with Gasteiger partial charge in [0.1, 0.15) is 0 Å². The van der Waals surface area contributed by atoms with Crippen LogP contribution in [0.1, 0.15) is 36.6 Å². The van der Waals surface area contributed by atoms with E-state index >= 15 is 0 Å². The van der Waals surface area contributed by atoms with E-state index in [0.717, 1.165) is 11.6 Å². The van der Waals surface area contributed by atoms with Crippen LogP contribution in [-0.2, 0) is 12.7 Å². The van der Waals surface area contributed by atoms with Crippen LogP contribution < -0.4 is 14.8 Å². The van der Waals surface area contributed by atoms with Gasteiger partial charge in [-0.1, -0.05) is 24.3 Å². The first-order valence-electron chi connectivity index (χ1n) is 8.89.